The van der Waals surface area contributed by atoms with Gasteiger partial charge < -0.3 is 10.0 Å². The van der Waals surface area contributed by atoms with Gasteiger partial charge >= 0.3 is 0 Å². The fourth-order valence-electron chi connectivity index (χ4n) is 1.91. The lowest BCUT2D eigenvalue weighted by atomic mass is 9.87. The molecule has 114 valence electrons. The predicted molar refractivity (Wildman–Crippen MR) is 86.0 cm³/mol. The van der Waals surface area contributed by atoms with Crippen molar-refractivity contribution >= 4 is 5.91 Å². The van der Waals surface area contributed by atoms with Crippen molar-refractivity contribution in [2.24, 2.45) is 5.41 Å². The molecule has 0 aliphatic carbocycles. The summed E-state index contributed by atoms with van der Waals surface area (Å²) in [6.07, 6.45) is 0.444. The summed E-state index contributed by atoms with van der Waals surface area (Å²) in [5.41, 5.74) is 1.47. The molecule has 0 radical (unpaired) electrons. The second kappa shape index (κ2) is 7.28. The first-order valence-corrected chi connectivity index (χ1v) is 7.24. The predicted octanol–water partition coefficient (Wildman–Crippen LogP) is 2.93. The van der Waals surface area contributed by atoms with Crippen molar-refractivity contribution in [1.29, 1.82) is 0 Å². The third-order valence-corrected chi connectivity index (χ3v) is 3.73. The van der Waals surface area contributed by atoms with Gasteiger partial charge in [-0.25, -0.2) is 0 Å². The van der Waals surface area contributed by atoms with Gasteiger partial charge in [0.15, 0.2) is 0 Å². The lowest BCUT2D eigenvalue weighted by molar-refractivity contribution is 0.0629. The van der Waals surface area contributed by atoms with Gasteiger partial charge in [-0.15, -0.1) is 0 Å². The van der Waals surface area contributed by atoms with E-state index in [1.165, 1.54) is 0 Å². The molecule has 0 fully saturated rings. The van der Waals surface area contributed by atoms with Crippen LogP contribution in [0, 0.1) is 17.3 Å². The van der Waals surface area contributed by atoms with Gasteiger partial charge in [0.2, 0.25) is 0 Å². The van der Waals surface area contributed by atoms with Crippen LogP contribution < -0.4 is 0 Å². The first-order chi connectivity index (χ1) is 9.77. The zero-order valence-corrected chi connectivity index (χ0v) is 13.6. The van der Waals surface area contributed by atoms with E-state index in [1.54, 1.807) is 11.0 Å². The molecule has 1 rings (SSSR count). The van der Waals surface area contributed by atoms with E-state index in [1.807, 2.05) is 25.2 Å². The molecule has 1 aromatic rings. The SMILES string of the molecule is CC(N(C)C(=O)c1cccc(C#CCCO)c1)C(C)(C)C. The number of nitrogens with zero attached hydrogens (tertiary/aromatic N) is 1. The van der Waals surface area contributed by atoms with Crippen LogP contribution >= 0.6 is 0 Å². The second-order valence-electron chi connectivity index (χ2n) is 6.31. The third-order valence-electron chi connectivity index (χ3n) is 3.73. The second-order valence-corrected chi connectivity index (χ2v) is 6.31. The Bertz CT molecular complexity index is 546. The topological polar surface area (TPSA) is 40.5 Å². The van der Waals surface area contributed by atoms with Crippen LogP contribution in [0.2, 0.25) is 0 Å². The van der Waals surface area contributed by atoms with Crippen molar-refractivity contribution in [3.63, 3.8) is 0 Å². The molecule has 0 heterocycles. The van der Waals surface area contributed by atoms with Gasteiger partial charge in [0.05, 0.1) is 6.61 Å². The van der Waals surface area contributed by atoms with Crippen LogP contribution in [0.3, 0.4) is 0 Å². The monoisotopic (exact) mass is 287 g/mol. The van der Waals surface area contributed by atoms with Gasteiger partial charge in [-0.2, -0.15) is 0 Å². The van der Waals surface area contributed by atoms with Gasteiger partial charge in [-0.3, -0.25) is 4.79 Å². The van der Waals surface area contributed by atoms with E-state index >= 15 is 0 Å². The number of amides is 1. The Hall–Kier alpha value is -1.79. The fraction of sp³-hybridized carbons (Fsp3) is 0.500. The first kappa shape index (κ1) is 17.3. The Morgan fingerprint density at radius 3 is 2.62 bits per heavy atom. The summed E-state index contributed by atoms with van der Waals surface area (Å²) in [5, 5.41) is 8.73. The maximum absolute atomic E-state index is 12.6. The summed E-state index contributed by atoms with van der Waals surface area (Å²) in [5.74, 6) is 5.83. The van der Waals surface area contributed by atoms with Crippen LogP contribution in [-0.2, 0) is 0 Å². The quantitative estimate of drug-likeness (QED) is 0.868. The molecule has 3 nitrogen and oxygen atoms in total. The number of aliphatic hydroxyl groups is 1. The number of hydrogen-bond donors (Lipinski definition) is 1. The number of aliphatic hydroxyl groups excluding tert-OH is 1. The minimum atomic E-state index is 0.00299. The van der Waals surface area contributed by atoms with E-state index in [4.69, 9.17) is 5.11 Å². The Morgan fingerprint density at radius 1 is 1.38 bits per heavy atom. The van der Waals surface area contributed by atoms with E-state index in [0.717, 1.165) is 5.56 Å². The number of carbonyl (C=O) groups is 1. The molecule has 0 saturated heterocycles. The standard InChI is InChI=1S/C18H25NO2/c1-14(18(2,3)4)19(5)17(21)16-11-8-10-15(13-16)9-6-7-12-20/h8,10-11,13-14,20H,7,12H2,1-5H3. The first-order valence-electron chi connectivity index (χ1n) is 7.24. The zero-order chi connectivity index (χ0) is 16.0. The van der Waals surface area contributed by atoms with Crippen molar-refractivity contribution in [3.8, 4) is 11.8 Å². The van der Waals surface area contributed by atoms with Crippen LogP contribution in [0.25, 0.3) is 0 Å². The van der Waals surface area contributed by atoms with Gasteiger partial charge in [-0.1, -0.05) is 38.7 Å². The van der Waals surface area contributed by atoms with Crippen molar-refractivity contribution in [1.82, 2.24) is 4.90 Å². The molecule has 0 aliphatic heterocycles. The highest BCUT2D eigenvalue weighted by molar-refractivity contribution is 5.94. The highest BCUT2D eigenvalue weighted by atomic mass is 16.2. The molecule has 1 atom stereocenters. The molecule has 0 saturated carbocycles. The Morgan fingerprint density at radius 2 is 2.05 bits per heavy atom. The van der Waals surface area contributed by atoms with Gasteiger partial charge in [0.25, 0.3) is 5.91 Å². The van der Waals surface area contributed by atoms with E-state index in [-0.39, 0.29) is 24.0 Å². The molecule has 1 amide bonds. The molecule has 3 heteroatoms. The maximum atomic E-state index is 12.6. The fourth-order valence-corrected chi connectivity index (χ4v) is 1.91. The van der Waals surface area contributed by atoms with Crippen molar-refractivity contribution in [2.45, 2.75) is 40.2 Å². The van der Waals surface area contributed by atoms with Crippen molar-refractivity contribution in [2.75, 3.05) is 13.7 Å². The Kier molecular flexibility index (Phi) is 5.99. The largest absolute Gasteiger partial charge is 0.395 e. The van der Waals surface area contributed by atoms with Crippen LogP contribution in [0.4, 0.5) is 0 Å². The molecule has 0 bridgehead atoms. The van der Waals surface area contributed by atoms with Crippen molar-refractivity contribution < 1.29 is 9.90 Å². The number of benzene rings is 1. The van der Waals surface area contributed by atoms with Crippen LogP contribution in [0.5, 0.6) is 0 Å². The van der Waals surface area contributed by atoms with Gasteiger partial charge in [-0.05, 0) is 30.5 Å². The lowest BCUT2D eigenvalue weighted by Gasteiger charge is -2.35. The van der Waals surface area contributed by atoms with Crippen LogP contribution in [0.15, 0.2) is 24.3 Å². The summed E-state index contributed by atoms with van der Waals surface area (Å²) in [6.45, 7) is 8.48. The minimum absolute atomic E-state index is 0.00299. The number of hydrogen-bond acceptors (Lipinski definition) is 2. The third kappa shape index (κ3) is 4.91. The molecule has 1 unspecified atom stereocenters. The lowest BCUT2D eigenvalue weighted by Crippen LogP contribution is -2.42. The molecular weight excluding hydrogens is 262 g/mol. The average molecular weight is 287 g/mol. The van der Waals surface area contributed by atoms with Crippen LogP contribution in [0.1, 0.15) is 50.0 Å². The highest BCUT2D eigenvalue weighted by Gasteiger charge is 2.27. The van der Waals surface area contributed by atoms with E-state index in [9.17, 15) is 4.79 Å². The van der Waals surface area contributed by atoms with Crippen molar-refractivity contribution in [3.05, 3.63) is 35.4 Å². The zero-order valence-electron chi connectivity index (χ0n) is 13.6. The molecular formula is C18H25NO2. The summed E-state index contributed by atoms with van der Waals surface area (Å²) in [6, 6.07) is 7.46. The average Bonchev–Trinajstić information content (AvgIpc) is 2.44. The smallest absolute Gasteiger partial charge is 0.253 e. The number of rotatable bonds is 3. The molecule has 21 heavy (non-hydrogen) atoms. The molecule has 0 spiro atoms. The Balaban J connectivity index is 2.93. The maximum Gasteiger partial charge on any atom is 0.253 e. The highest BCUT2D eigenvalue weighted by Crippen LogP contribution is 2.24. The normalized spacial score (nSPS) is 12.3. The van der Waals surface area contributed by atoms with E-state index < -0.39 is 0 Å². The molecule has 0 aromatic heterocycles. The molecule has 0 aliphatic rings. The van der Waals surface area contributed by atoms with E-state index in [0.29, 0.717) is 12.0 Å². The minimum Gasteiger partial charge on any atom is -0.395 e. The van der Waals surface area contributed by atoms with Crippen LogP contribution in [-0.4, -0.2) is 35.6 Å². The molecule has 1 aromatic carbocycles. The van der Waals surface area contributed by atoms with E-state index in [2.05, 4.69) is 39.5 Å². The molecule has 1 N–H and O–H groups in total. The summed E-state index contributed by atoms with van der Waals surface area (Å²) in [4.78, 5) is 14.3. The number of carbonyl (C=O) groups excluding carboxylic acids is 1. The van der Waals surface area contributed by atoms with Gasteiger partial charge in [0, 0.05) is 30.6 Å². The summed E-state index contributed by atoms with van der Waals surface area (Å²) in [7, 11) is 1.84. The Labute approximate surface area is 128 Å². The summed E-state index contributed by atoms with van der Waals surface area (Å²) < 4.78 is 0. The summed E-state index contributed by atoms with van der Waals surface area (Å²) >= 11 is 0. The van der Waals surface area contributed by atoms with Gasteiger partial charge in [0.1, 0.15) is 0 Å².